The summed E-state index contributed by atoms with van der Waals surface area (Å²) in [6, 6.07) is 43.1. The molecule has 0 aliphatic rings. The minimum Gasteiger partial charge on any atom is -0.378 e. The van der Waals surface area contributed by atoms with E-state index in [0.717, 1.165) is 38.7 Å². The van der Waals surface area contributed by atoms with Crippen LogP contribution in [0.4, 0.5) is 5.69 Å². The average Bonchev–Trinajstić information content (AvgIpc) is 3.53. The fourth-order valence-corrected chi connectivity index (χ4v) is 6.23. The van der Waals surface area contributed by atoms with Crippen LogP contribution in [0.5, 0.6) is 0 Å². The van der Waals surface area contributed by atoms with Crippen LogP contribution < -0.4 is 5.32 Å². The maximum Gasteiger partial charge on any atom is 0.221 e. The van der Waals surface area contributed by atoms with Crippen molar-refractivity contribution in [2.75, 3.05) is 5.32 Å². The quantitative estimate of drug-likeness (QED) is 0.186. The van der Waals surface area contributed by atoms with Crippen molar-refractivity contribution in [3.63, 3.8) is 0 Å². The number of amides is 1. The molecule has 0 bridgehead atoms. The highest BCUT2D eigenvalue weighted by atomic mass is 16.3. The molecule has 1 amide bonds. The third-order valence-corrected chi connectivity index (χ3v) is 8.37. The number of hydrogen-bond acceptors (Lipinski definition) is 3. The van der Waals surface area contributed by atoms with Crippen LogP contribution in [0.25, 0.3) is 10.8 Å². The van der Waals surface area contributed by atoms with Gasteiger partial charge >= 0.3 is 0 Å². The first-order valence-corrected chi connectivity index (χ1v) is 14.6. The maximum atomic E-state index is 12.5. The average molecular weight is 566 g/mol. The Bertz CT molecular complexity index is 1770. The zero-order valence-electron chi connectivity index (χ0n) is 24.6. The van der Waals surface area contributed by atoms with E-state index in [-0.39, 0.29) is 11.8 Å². The molecular weight excluding hydrogens is 530 g/mol. The molecule has 5 nitrogen and oxygen atoms in total. The molecular formula is C38H35N3O2. The van der Waals surface area contributed by atoms with Crippen LogP contribution >= 0.6 is 0 Å². The lowest BCUT2D eigenvalue weighted by molar-refractivity contribution is -0.114. The summed E-state index contributed by atoms with van der Waals surface area (Å²) in [5.41, 5.74) is 3.26. The molecule has 5 aromatic carbocycles. The predicted molar refractivity (Wildman–Crippen MR) is 173 cm³/mol. The monoisotopic (exact) mass is 565 g/mol. The number of anilines is 1. The number of imidazole rings is 1. The molecule has 0 fully saturated rings. The zero-order valence-corrected chi connectivity index (χ0v) is 24.6. The second-order valence-corrected chi connectivity index (χ2v) is 11.4. The zero-order chi connectivity index (χ0) is 30.0. The minimum atomic E-state index is -1.36. The number of nitrogens with zero attached hydrogens (tertiary/aromatic N) is 2. The summed E-state index contributed by atoms with van der Waals surface area (Å²) in [5, 5.41) is 17.3. The van der Waals surface area contributed by atoms with Gasteiger partial charge < -0.3 is 15.0 Å². The Morgan fingerprint density at radius 1 is 0.721 bits per heavy atom. The lowest BCUT2D eigenvalue weighted by Crippen LogP contribution is -2.37. The van der Waals surface area contributed by atoms with Crippen molar-refractivity contribution in [1.82, 2.24) is 9.55 Å². The molecule has 1 aromatic heterocycles. The standard InChI is InChI=1S/C38H35N3O2/c1-27(2)38(43,34-21-19-30-24-35(40-28(3)42)22-20-29(30)23-34)36-25-41(26-39-36)37(31-13-7-4-8-14-31,32-15-9-5-10-16-32)33-17-11-6-12-18-33/h4-27,43H,1-3H3,(H,40,42). The molecule has 5 heteroatoms. The van der Waals surface area contributed by atoms with Crippen LogP contribution in [0.3, 0.4) is 0 Å². The van der Waals surface area contributed by atoms with Gasteiger partial charge in [-0.25, -0.2) is 4.98 Å². The highest BCUT2D eigenvalue weighted by Gasteiger charge is 2.42. The number of aliphatic hydroxyl groups is 1. The lowest BCUT2D eigenvalue weighted by Gasteiger charge is -2.37. The molecule has 0 aliphatic carbocycles. The normalized spacial score (nSPS) is 13.1. The van der Waals surface area contributed by atoms with Gasteiger partial charge in [-0.1, -0.05) is 123 Å². The van der Waals surface area contributed by atoms with E-state index in [9.17, 15) is 9.90 Å². The van der Waals surface area contributed by atoms with Gasteiger partial charge in [-0.2, -0.15) is 0 Å². The molecule has 214 valence electrons. The third-order valence-electron chi connectivity index (χ3n) is 8.37. The van der Waals surface area contributed by atoms with Gasteiger partial charge in [0.2, 0.25) is 5.91 Å². The number of carbonyl (C=O) groups excluding carboxylic acids is 1. The van der Waals surface area contributed by atoms with Crippen molar-refractivity contribution < 1.29 is 9.90 Å². The van der Waals surface area contributed by atoms with Gasteiger partial charge in [0.05, 0.1) is 12.0 Å². The van der Waals surface area contributed by atoms with E-state index in [2.05, 4.69) is 82.7 Å². The van der Waals surface area contributed by atoms with Gasteiger partial charge in [0.25, 0.3) is 0 Å². The van der Waals surface area contributed by atoms with E-state index in [1.165, 1.54) is 6.92 Å². The molecule has 2 N–H and O–H groups in total. The van der Waals surface area contributed by atoms with Crippen molar-refractivity contribution in [1.29, 1.82) is 0 Å². The SMILES string of the molecule is CC(=O)Nc1ccc2cc(C(O)(c3cn(C(c4ccccc4)(c4ccccc4)c4ccccc4)cn3)C(C)C)ccc2c1. The van der Waals surface area contributed by atoms with Crippen molar-refractivity contribution in [3.05, 3.63) is 168 Å². The molecule has 0 radical (unpaired) electrons. The van der Waals surface area contributed by atoms with Crippen LogP contribution in [0, 0.1) is 5.92 Å². The van der Waals surface area contributed by atoms with Crippen molar-refractivity contribution in [2.24, 2.45) is 5.92 Å². The molecule has 6 rings (SSSR count). The highest BCUT2D eigenvalue weighted by molar-refractivity contribution is 5.93. The van der Waals surface area contributed by atoms with Crippen LogP contribution in [-0.4, -0.2) is 20.6 Å². The Balaban J connectivity index is 1.54. The van der Waals surface area contributed by atoms with Crippen LogP contribution in [0.1, 0.15) is 48.7 Å². The third kappa shape index (κ3) is 4.92. The predicted octanol–water partition coefficient (Wildman–Crippen LogP) is 7.73. The molecule has 1 unspecified atom stereocenters. The molecule has 43 heavy (non-hydrogen) atoms. The Morgan fingerprint density at radius 2 is 1.23 bits per heavy atom. The van der Waals surface area contributed by atoms with E-state index < -0.39 is 11.1 Å². The number of carbonyl (C=O) groups is 1. The fourth-order valence-electron chi connectivity index (χ4n) is 6.23. The van der Waals surface area contributed by atoms with E-state index in [0.29, 0.717) is 5.69 Å². The summed E-state index contributed by atoms with van der Waals surface area (Å²) in [6.45, 7) is 5.53. The summed E-state index contributed by atoms with van der Waals surface area (Å²) in [6.07, 6.45) is 3.84. The molecule has 0 saturated carbocycles. The molecule has 6 aromatic rings. The van der Waals surface area contributed by atoms with Gasteiger partial charge in [-0.05, 0) is 57.1 Å². The number of hydrogen-bond donors (Lipinski definition) is 2. The van der Waals surface area contributed by atoms with E-state index in [1.807, 2.05) is 81.0 Å². The first-order chi connectivity index (χ1) is 20.8. The van der Waals surface area contributed by atoms with Crippen molar-refractivity contribution in [3.8, 4) is 0 Å². The largest absolute Gasteiger partial charge is 0.378 e. The number of fused-ring (bicyclic) bond motifs is 1. The Kier molecular flexibility index (Phi) is 7.43. The summed E-state index contributed by atoms with van der Waals surface area (Å²) in [5.74, 6) is -0.287. The lowest BCUT2D eigenvalue weighted by atomic mass is 9.76. The fraction of sp³-hybridized carbons (Fsp3) is 0.158. The summed E-state index contributed by atoms with van der Waals surface area (Å²) >= 11 is 0. The molecule has 1 atom stereocenters. The molecule has 0 saturated heterocycles. The second kappa shape index (κ2) is 11.3. The van der Waals surface area contributed by atoms with Gasteiger partial charge in [0, 0.05) is 18.8 Å². The summed E-state index contributed by atoms with van der Waals surface area (Å²) < 4.78 is 2.14. The number of benzene rings is 5. The molecule has 1 heterocycles. The van der Waals surface area contributed by atoms with E-state index in [1.54, 1.807) is 0 Å². The van der Waals surface area contributed by atoms with Gasteiger partial charge in [0.15, 0.2) is 0 Å². The number of nitrogens with one attached hydrogen (secondary N) is 1. The van der Waals surface area contributed by atoms with Crippen LogP contribution in [-0.2, 0) is 15.9 Å². The van der Waals surface area contributed by atoms with E-state index >= 15 is 0 Å². The summed E-state index contributed by atoms with van der Waals surface area (Å²) in [7, 11) is 0. The topological polar surface area (TPSA) is 67.2 Å². The minimum absolute atomic E-state index is 0.113. The molecule has 0 aliphatic heterocycles. The Morgan fingerprint density at radius 3 is 1.74 bits per heavy atom. The first kappa shape index (κ1) is 28.1. The van der Waals surface area contributed by atoms with Gasteiger partial charge in [-0.15, -0.1) is 0 Å². The van der Waals surface area contributed by atoms with Crippen LogP contribution in [0.15, 0.2) is 140 Å². The summed E-state index contributed by atoms with van der Waals surface area (Å²) in [4.78, 5) is 16.5. The van der Waals surface area contributed by atoms with Gasteiger partial charge in [0.1, 0.15) is 11.1 Å². The smallest absolute Gasteiger partial charge is 0.221 e. The van der Waals surface area contributed by atoms with Crippen molar-refractivity contribution in [2.45, 2.75) is 31.9 Å². The van der Waals surface area contributed by atoms with Crippen molar-refractivity contribution >= 4 is 22.4 Å². The second-order valence-electron chi connectivity index (χ2n) is 11.4. The van der Waals surface area contributed by atoms with Crippen LogP contribution in [0.2, 0.25) is 0 Å². The highest BCUT2D eigenvalue weighted by Crippen LogP contribution is 2.43. The Labute approximate surface area is 252 Å². The number of aromatic nitrogens is 2. The maximum absolute atomic E-state index is 12.5. The Hall–Kier alpha value is -5.00. The molecule has 0 spiro atoms. The first-order valence-electron chi connectivity index (χ1n) is 14.6. The van der Waals surface area contributed by atoms with E-state index in [4.69, 9.17) is 4.98 Å². The number of rotatable bonds is 8. The van der Waals surface area contributed by atoms with Gasteiger partial charge in [-0.3, -0.25) is 4.79 Å².